The summed E-state index contributed by atoms with van der Waals surface area (Å²) in [7, 11) is 2.06. The predicted molar refractivity (Wildman–Crippen MR) is 87.4 cm³/mol. The number of benzene rings is 1. The molecular formula is C17H26N2S. The minimum Gasteiger partial charge on any atom is -0.320 e. The minimum atomic E-state index is 0.678. The molecule has 3 heteroatoms. The normalized spacial score (nSPS) is 24.6. The van der Waals surface area contributed by atoms with E-state index < -0.39 is 0 Å². The summed E-state index contributed by atoms with van der Waals surface area (Å²) in [6.07, 6.45) is 5.44. The first-order chi connectivity index (χ1) is 9.88. The Morgan fingerprint density at radius 2 is 2.00 bits per heavy atom. The van der Waals surface area contributed by atoms with Crippen molar-refractivity contribution in [2.75, 3.05) is 32.4 Å². The van der Waals surface area contributed by atoms with Gasteiger partial charge in [-0.1, -0.05) is 18.2 Å². The smallest absolute Gasteiger partial charge is 0.0367 e. The van der Waals surface area contributed by atoms with E-state index in [0.29, 0.717) is 6.04 Å². The summed E-state index contributed by atoms with van der Waals surface area (Å²) >= 11 is 2.03. The third-order valence-electron chi connectivity index (χ3n) is 4.82. The number of nitrogens with zero attached hydrogens (tertiary/aromatic N) is 1. The van der Waals surface area contributed by atoms with Crippen molar-refractivity contribution in [3.63, 3.8) is 0 Å². The Balaban J connectivity index is 1.62. The van der Waals surface area contributed by atoms with E-state index in [9.17, 15) is 0 Å². The molecular weight excluding hydrogens is 264 g/mol. The zero-order chi connectivity index (χ0) is 13.8. The lowest BCUT2D eigenvalue weighted by molar-refractivity contribution is 0.124. The van der Waals surface area contributed by atoms with Gasteiger partial charge in [0.25, 0.3) is 0 Å². The van der Waals surface area contributed by atoms with Crippen LogP contribution in [0.25, 0.3) is 0 Å². The Morgan fingerprint density at radius 1 is 1.20 bits per heavy atom. The lowest BCUT2D eigenvalue weighted by Gasteiger charge is -2.40. The Labute approximate surface area is 127 Å². The molecule has 2 aliphatic rings. The molecule has 2 aliphatic heterocycles. The molecule has 0 spiro atoms. The zero-order valence-electron chi connectivity index (χ0n) is 12.5. The SMILES string of the molecule is CNCCC1CCN(C2CCSc3ccccc32)CC1. The predicted octanol–water partition coefficient (Wildman–Crippen LogP) is 3.55. The van der Waals surface area contributed by atoms with Gasteiger partial charge in [-0.3, -0.25) is 4.90 Å². The third-order valence-corrected chi connectivity index (χ3v) is 5.94. The van der Waals surface area contributed by atoms with Gasteiger partial charge in [0.05, 0.1) is 0 Å². The summed E-state index contributed by atoms with van der Waals surface area (Å²) in [5.74, 6) is 2.22. The largest absolute Gasteiger partial charge is 0.320 e. The molecule has 20 heavy (non-hydrogen) atoms. The van der Waals surface area contributed by atoms with Crippen molar-refractivity contribution in [2.45, 2.75) is 36.6 Å². The molecule has 0 bridgehead atoms. The molecule has 0 radical (unpaired) electrons. The monoisotopic (exact) mass is 290 g/mol. The van der Waals surface area contributed by atoms with E-state index in [1.165, 1.54) is 56.0 Å². The van der Waals surface area contributed by atoms with Gasteiger partial charge in [0.2, 0.25) is 0 Å². The van der Waals surface area contributed by atoms with Crippen molar-refractivity contribution in [2.24, 2.45) is 5.92 Å². The van der Waals surface area contributed by atoms with E-state index in [0.717, 1.165) is 5.92 Å². The molecule has 2 nitrogen and oxygen atoms in total. The quantitative estimate of drug-likeness (QED) is 0.913. The van der Waals surface area contributed by atoms with Gasteiger partial charge in [0.15, 0.2) is 0 Å². The third kappa shape index (κ3) is 3.21. The highest BCUT2D eigenvalue weighted by Gasteiger charge is 2.29. The van der Waals surface area contributed by atoms with Crippen LogP contribution in [0.3, 0.4) is 0 Å². The fraction of sp³-hybridized carbons (Fsp3) is 0.647. The van der Waals surface area contributed by atoms with E-state index in [-0.39, 0.29) is 0 Å². The fourth-order valence-electron chi connectivity index (χ4n) is 3.60. The molecule has 1 atom stereocenters. The molecule has 0 amide bonds. The van der Waals surface area contributed by atoms with Gasteiger partial charge in [0.1, 0.15) is 0 Å². The number of hydrogen-bond acceptors (Lipinski definition) is 3. The van der Waals surface area contributed by atoms with Crippen LogP contribution in [0.1, 0.15) is 37.3 Å². The van der Waals surface area contributed by atoms with Crippen LogP contribution in [0, 0.1) is 5.92 Å². The molecule has 1 N–H and O–H groups in total. The lowest BCUT2D eigenvalue weighted by Crippen LogP contribution is -2.38. The first-order valence-corrected chi connectivity index (χ1v) is 8.97. The summed E-state index contributed by atoms with van der Waals surface area (Å²) in [5, 5.41) is 3.29. The maximum absolute atomic E-state index is 3.29. The molecule has 3 rings (SSSR count). The van der Waals surface area contributed by atoms with Crippen LogP contribution in [-0.4, -0.2) is 37.3 Å². The molecule has 1 aromatic carbocycles. The van der Waals surface area contributed by atoms with E-state index in [4.69, 9.17) is 0 Å². The average molecular weight is 290 g/mol. The van der Waals surface area contributed by atoms with Crippen molar-refractivity contribution in [1.29, 1.82) is 0 Å². The second kappa shape index (κ2) is 6.97. The number of hydrogen-bond donors (Lipinski definition) is 1. The Bertz CT molecular complexity index is 427. The van der Waals surface area contributed by atoms with Crippen LogP contribution in [-0.2, 0) is 0 Å². The highest BCUT2D eigenvalue weighted by molar-refractivity contribution is 7.99. The lowest BCUT2D eigenvalue weighted by atomic mass is 9.91. The van der Waals surface area contributed by atoms with Crippen molar-refractivity contribution >= 4 is 11.8 Å². The summed E-state index contributed by atoms with van der Waals surface area (Å²) in [6.45, 7) is 3.75. The van der Waals surface area contributed by atoms with Crippen LogP contribution in [0.5, 0.6) is 0 Å². The van der Waals surface area contributed by atoms with Gasteiger partial charge in [-0.25, -0.2) is 0 Å². The van der Waals surface area contributed by atoms with Crippen LogP contribution in [0.4, 0.5) is 0 Å². The standard InChI is InChI=1S/C17H26N2S/c1-18-10-6-14-7-11-19(12-8-14)16-9-13-20-17-5-3-2-4-15(16)17/h2-5,14,16,18H,6-13H2,1H3. The molecule has 0 aromatic heterocycles. The highest BCUT2D eigenvalue weighted by atomic mass is 32.2. The first-order valence-electron chi connectivity index (χ1n) is 7.99. The van der Waals surface area contributed by atoms with Gasteiger partial charge < -0.3 is 5.32 Å². The molecule has 1 saturated heterocycles. The van der Waals surface area contributed by atoms with Crippen LogP contribution in [0.2, 0.25) is 0 Å². The van der Waals surface area contributed by atoms with Crippen molar-refractivity contribution in [3.8, 4) is 0 Å². The van der Waals surface area contributed by atoms with Gasteiger partial charge in [0, 0.05) is 10.9 Å². The Kier molecular flexibility index (Phi) is 5.03. The van der Waals surface area contributed by atoms with Crippen LogP contribution >= 0.6 is 11.8 Å². The highest BCUT2D eigenvalue weighted by Crippen LogP contribution is 2.40. The second-order valence-electron chi connectivity index (χ2n) is 6.06. The molecule has 1 unspecified atom stereocenters. The van der Waals surface area contributed by atoms with Gasteiger partial charge >= 0.3 is 0 Å². The Hall–Kier alpha value is -0.510. The van der Waals surface area contributed by atoms with Crippen LogP contribution in [0.15, 0.2) is 29.2 Å². The van der Waals surface area contributed by atoms with Gasteiger partial charge in [-0.15, -0.1) is 11.8 Å². The minimum absolute atomic E-state index is 0.678. The summed E-state index contributed by atoms with van der Waals surface area (Å²) in [5.41, 5.74) is 1.58. The van der Waals surface area contributed by atoms with Gasteiger partial charge in [-0.2, -0.15) is 0 Å². The molecule has 1 aromatic rings. The zero-order valence-corrected chi connectivity index (χ0v) is 13.3. The summed E-state index contributed by atoms with van der Waals surface area (Å²) < 4.78 is 0. The molecule has 2 heterocycles. The van der Waals surface area contributed by atoms with E-state index in [1.54, 1.807) is 5.56 Å². The number of piperidine rings is 1. The van der Waals surface area contributed by atoms with E-state index >= 15 is 0 Å². The Morgan fingerprint density at radius 3 is 2.80 bits per heavy atom. The molecule has 0 saturated carbocycles. The van der Waals surface area contributed by atoms with Crippen LogP contribution < -0.4 is 5.32 Å². The number of nitrogens with one attached hydrogen (secondary N) is 1. The number of thioether (sulfide) groups is 1. The maximum Gasteiger partial charge on any atom is 0.0367 e. The van der Waals surface area contributed by atoms with E-state index in [1.807, 2.05) is 11.8 Å². The fourth-order valence-corrected chi connectivity index (χ4v) is 4.71. The average Bonchev–Trinajstić information content (AvgIpc) is 2.53. The number of rotatable bonds is 4. The second-order valence-corrected chi connectivity index (χ2v) is 7.20. The summed E-state index contributed by atoms with van der Waals surface area (Å²) in [4.78, 5) is 4.26. The first kappa shape index (κ1) is 14.4. The topological polar surface area (TPSA) is 15.3 Å². The maximum atomic E-state index is 3.29. The van der Waals surface area contributed by atoms with E-state index in [2.05, 4.69) is 41.5 Å². The summed E-state index contributed by atoms with van der Waals surface area (Å²) in [6, 6.07) is 9.71. The molecule has 110 valence electrons. The van der Waals surface area contributed by atoms with Crippen molar-refractivity contribution in [3.05, 3.63) is 29.8 Å². The number of fused-ring (bicyclic) bond motifs is 1. The number of likely N-dealkylation sites (tertiary alicyclic amines) is 1. The van der Waals surface area contributed by atoms with Gasteiger partial charge in [-0.05, 0) is 75.7 Å². The van der Waals surface area contributed by atoms with Crippen molar-refractivity contribution < 1.29 is 0 Å². The molecule has 0 aliphatic carbocycles. The van der Waals surface area contributed by atoms with Crippen molar-refractivity contribution in [1.82, 2.24) is 10.2 Å². The molecule has 1 fully saturated rings.